The van der Waals surface area contributed by atoms with Gasteiger partial charge in [-0.15, -0.1) is 0 Å². The normalized spacial score (nSPS) is 52.9. The van der Waals surface area contributed by atoms with Gasteiger partial charge in [0.05, 0.1) is 18.3 Å². The summed E-state index contributed by atoms with van der Waals surface area (Å²) in [5.74, 6) is 2.12. The molecule has 2 N–H and O–H groups in total. The second-order valence-corrected chi connectivity index (χ2v) is 14.4. The number of rotatable bonds is 0. The quantitative estimate of drug-likeness (QED) is 0.492. The maximum Gasteiger partial charge on any atom is 0.107 e. The van der Waals surface area contributed by atoms with Crippen LogP contribution in [0, 0.1) is 34.0 Å². The highest BCUT2D eigenvalue weighted by Gasteiger charge is 2.72. The van der Waals surface area contributed by atoms with E-state index in [1.807, 2.05) is 0 Å². The summed E-state index contributed by atoms with van der Waals surface area (Å²) in [5.41, 5.74) is 1.84. The zero-order chi connectivity index (χ0) is 23.6. The van der Waals surface area contributed by atoms with Crippen LogP contribution < -0.4 is 0 Å². The van der Waals surface area contributed by atoms with Gasteiger partial charge in [0.2, 0.25) is 0 Å². The molecule has 1 heterocycles. The predicted molar refractivity (Wildman–Crippen MR) is 130 cm³/mol. The maximum absolute atomic E-state index is 12.7. The molecule has 1 aromatic carbocycles. The van der Waals surface area contributed by atoms with Crippen molar-refractivity contribution in [1.82, 2.24) is 0 Å². The molecule has 186 valence electrons. The van der Waals surface area contributed by atoms with Crippen LogP contribution in [0.1, 0.15) is 95.6 Å². The SMILES string of the molecule is CC1(C)COOC2(CC[C@@]34Cc5ccccc5[C@H]5C[C@]6(C)[C@@H](O)CC[C@H]6[C@H](CC[C@@]3(O)C2)[C@H]54)C1. The minimum absolute atomic E-state index is 0.00711. The average Bonchev–Trinajstić information content (AvgIpc) is 3.08. The van der Waals surface area contributed by atoms with Crippen LogP contribution in [0.4, 0.5) is 0 Å². The highest BCUT2D eigenvalue weighted by atomic mass is 17.2. The number of aliphatic hydroxyl groups excluding tert-OH is 1. The molecule has 1 aromatic rings. The molecule has 1 aliphatic heterocycles. The molecule has 9 atom stereocenters. The van der Waals surface area contributed by atoms with Crippen molar-refractivity contribution >= 4 is 0 Å². The molecule has 5 aliphatic carbocycles. The van der Waals surface area contributed by atoms with E-state index in [4.69, 9.17) is 9.78 Å². The van der Waals surface area contributed by atoms with E-state index in [-0.39, 0.29) is 27.9 Å². The number of benzene rings is 1. The average molecular weight is 467 g/mol. The Kier molecular flexibility index (Phi) is 4.51. The largest absolute Gasteiger partial charge is 0.393 e. The Balaban J connectivity index is 1.35. The molecular formula is C30H42O4. The Morgan fingerprint density at radius 1 is 0.971 bits per heavy atom. The van der Waals surface area contributed by atoms with Gasteiger partial charge in [-0.3, -0.25) is 0 Å². The molecule has 0 bridgehead atoms. The first-order valence-electron chi connectivity index (χ1n) is 13.9. The van der Waals surface area contributed by atoms with Crippen molar-refractivity contribution in [1.29, 1.82) is 0 Å². The second kappa shape index (κ2) is 6.88. The van der Waals surface area contributed by atoms with Gasteiger partial charge in [-0.05, 0) is 103 Å². The third kappa shape index (κ3) is 2.75. The summed E-state index contributed by atoms with van der Waals surface area (Å²) >= 11 is 0. The molecule has 1 saturated heterocycles. The third-order valence-corrected chi connectivity index (χ3v) is 12.0. The molecule has 0 radical (unpaired) electrons. The van der Waals surface area contributed by atoms with Gasteiger partial charge in [0.25, 0.3) is 0 Å². The van der Waals surface area contributed by atoms with Crippen LogP contribution in [0.3, 0.4) is 0 Å². The van der Waals surface area contributed by atoms with E-state index in [1.165, 1.54) is 11.1 Å². The summed E-state index contributed by atoms with van der Waals surface area (Å²) in [6.45, 7) is 7.54. The van der Waals surface area contributed by atoms with Gasteiger partial charge < -0.3 is 10.2 Å². The first kappa shape index (κ1) is 22.3. The summed E-state index contributed by atoms with van der Waals surface area (Å²) in [6.07, 6.45) is 9.54. The van der Waals surface area contributed by atoms with Gasteiger partial charge >= 0.3 is 0 Å². The van der Waals surface area contributed by atoms with Crippen molar-refractivity contribution in [2.75, 3.05) is 6.61 Å². The van der Waals surface area contributed by atoms with E-state index in [0.717, 1.165) is 57.8 Å². The summed E-state index contributed by atoms with van der Waals surface area (Å²) in [7, 11) is 0. The number of hydrogen-bond donors (Lipinski definition) is 2. The highest BCUT2D eigenvalue weighted by molar-refractivity contribution is 5.40. The van der Waals surface area contributed by atoms with Crippen molar-refractivity contribution < 1.29 is 20.0 Å². The lowest BCUT2D eigenvalue weighted by molar-refractivity contribution is -0.425. The van der Waals surface area contributed by atoms with Crippen LogP contribution in [-0.4, -0.2) is 34.1 Å². The second-order valence-electron chi connectivity index (χ2n) is 14.4. The Morgan fingerprint density at radius 2 is 1.79 bits per heavy atom. The fourth-order valence-corrected chi connectivity index (χ4v) is 10.8. The minimum Gasteiger partial charge on any atom is -0.393 e. The Bertz CT molecular complexity index is 1010. The number of aliphatic hydroxyl groups is 2. The van der Waals surface area contributed by atoms with Gasteiger partial charge in [0.15, 0.2) is 0 Å². The zero-order valence-electron chi connectivity index (χ0n) is 21.2. The number of hydrogen-bond acceptors (Lipinski definition) is 4. The fraction of sp³-hybridized carbons (Fsp3) is 0.800. The Morgan fingerprint density at radius 3 is 2.62 bits per heavy atom. The molecule has 1 unspecified atom stereocenters. The van der Waals surface area contributed by atoms with Crippen molar-refractivity contribution in [3.8, 4) is 0 Å². The first-order valence-corrected chi connectivity index (χ1v) is 13.9. The molecular weight excluding hydrogens is 424 g/mol. The predicted octanol–water partition coefficient (Wildman–Crippen LogP) is 5.55. The van der Waals surface area contributed by atoms with E-state index in [0.29, 0.717) is 36.7 Å². The van der Waals surface area contributed by atoms with Crippen LogP contribution in [0.15, 0.2) is 24.3 Å². The summed E-state index contributed by atoms with van der Waals surface area (Å²) in [4.78, 5) is 11.8. The van der Waals surface area contributed by atoms with E-state index >= 15 is 0 Å². The van der Waals surface area contributed by atoms with Gasteiger partial charge in [-0.25, -0.2) is 9.78 Å². The Labute approximate surface area is 204 Å². The van der Waals surface area contributed by atoms with Gasteiger partial charge in [0.1, 0.15) is 5.60 Å². The van der Waals surface area contributed by atoms with Crippen molar-refractivity contribution in [2.24, 2.45) is 34.0 Å². The molecule has 4 saturated carbocycles. The maximum atomic E-state index is 12.7. The fourth-order valence-electron chi connectivity index (χ4n) is 10.8. The van der Waals surface area contributed by atoms with Crippen LogP contribution in [0.2, 0.25) is 0 Å². The molecule has 0 aromatic heterocycles. The topological polar surface area (TPSA) is 58.9 Å². The van der Waals surface area contributed by atoms with Crippen molar-refractivity contribution in [2.45, 2.75) is 108 Å². The van der Waals surface area contributed by atoms with Crippen LogP contribution >= 0.6 is 0 Å². The molecule has 5 fully saturated rings. The van der Waals surface area contributed by atoms with Gasteiger partial charge in [-0.1, -0.05) is 45.0 Å². The van der Waals surface area contributed by atoms with Crippen LogP contribution in [0.25, 0.3) is 0 Å². The van der Waals surface area contributed by atoms with E-state index in [9.17, 15) is 10.2 Å². The van der Waals surface area contributed by atoms with Crippen LogP contribution in [-0.2, 0) is 16.2 Å². The van der Waals surface area contributed by atoms with Crippen molar-refractivity contribution in [3.05, 3.63) is 35.4 Å². The molecule has 2 spiro atoms. The summed E-state index contributed by atoms with van der Waals surface area (Å²) in [5, 5.41) is 23.9. The zero-order valence-corrected chi connectivity index (χ0v) is 21.2. The van der Waals surface area contributed by atoms with E-state index in [1.54, 1.807) is 0 Å². The monoisotopic (exact) mass is 466 g/mol. The van der Waals surface area contributed by atoms with Gasteiger partial charge in [0, 0.05) is 11.8 Å². The molecule has 0 amide bonds. The highest BCUT2D eigenvalue weighted by Crippen LogP contribution is 2.74. The molecule has 6 aliphatic rings. The van der Waals surface area contributed by atoms with Gasteiger partial charge in [-0.2, -0.15) is 0 Å². The lowest BCUT2D eigenvalue weighted by atomic mass is 9.36. The third-order valence-electron chi connectivity index (χ3n) is 12.0. The number of fused-ring (bicyclic) bond motifs is 4. The minimum atomic E-state index is -0.722. The summed E-state index contributed by atoms with van der Waals surface area (Å²) < 4.78 is 0. The lowest BCUT2D eigenvalue weighted by Crippen LogP contribution is -2.70. The van der Waals surface area contributed by atoms with Crippen LogP contribution in [0.5, 0.6) is 0 Å². The molecule has 34 heavy (non-hydrogen) atoms. The van der Waals surface area contributed by atoms with E-state index in [2.05, 4.69) is 45.0 Å². The first-order chi connectivity index (χ1) is 16.1. The molecule has 4 heteroatoms. The van der Waals surface area contributed by atoms with E-state index < -0.39 is 5.60 Å². The Hall–Kier alpha value is -0.940. The molecule has 7 rings (SSSR count). The standard InChI is InChI=1S/C30H42O4/c1-26(2)16-28(34-33-18-26)12-13-29-14-19-6-4-5-7-20(19)22-15-27(3)23(8-9-24(27)31)21(25(22)29)10-11-30(29,32)17-28/h4-7,21-25,31-32H,8-18H2,1-3H3/t21-,22+,23-,24-,25+,27-,28?,29-,30+/m0/s1. The summed E-state index contributed by atoms with van der Waals surface area (Å²) in [6, 6.07) is 9.05. The smallest absolute Gasteiger partial charge is 0.107 e. The lowest BCUT2D eigenvalue weighted by Gasteiger charge is -2.70. The van der Waals surface area contributed by atoms with Crippen molar-refractivity contribution in [3.63, 3.8) is 0 Å². The molecule has 4 nitrogen and oxygen atoms in total.